The maximum atomic E-state index is 12.1. The molecule has 1 aromatic carbocycles. The molecule has 0 bridgehead atoms. The first-order chi connectivity index (χ1) is 9.95. The van der Waals surface area contributed by atoms with Crippen molar-refractivity contribution in [3.8, 4) is 0 Å². The lowest BCUT2D eigenvalue weighted by Gasteiger charge is -2.10. The van der Waals surface area contributed by atoms with Gasteiger partial charge in [-0.05, 0) is 44.7 Å². The normalized spacial score (nSPS) is 10.5. The van der Waals surface area contributed by atoms with Crippen molar-refractivity contribution < 1.29 is 19.1 Å². The Morgan fingerprint density at radius 3 is 2.38 bits per heavy atom. The van der Waals surface area contributed by atoms with Gasteiger partial charge in [0.15, 0.2) is 0 Å². The second kappa shape index (κ2) is 8.45. The highest BCUT2D eigenvalue weighted by molar-refractivity contribution is 6.03. The number of aryl methyl sites for hydroxylation is 1. The first kappa shape index (κ1) is 17.2. The molecule has 4 heteroatoms. The van der Waals surface area contributed by atoms with Gasteiger partial charge in [-0.3, -0.25) is 0 Å². The Balaban J connectivity index is 2.77. The summed E-state index contributed by atoms with van der Waals surface area (Å²) in [4.78, 5) is 24.0. The van der Waals surface area contributed by atoms with E-state index in [0.717, 1.165) is 18.4 Å². The van der Waals surface area contributed by atoms with E-state index in [-0.39, 0.29) is 17.7 Å². The predicted octanol–water partition coefficient (Wildman–Crippen LogP) is 3.76. The second-order valence-corrected chi connectivity index (χ2v) is 5.44. The van der Waals surface area contributed by atoms with Gasteiger partial charge >= 0.3 is 11.9 Å². The number of carbonyl (C=O) groups is 2. The van der Waals surface area contributed by atoms with Crippen LogP contribution < -0.4 is 0 Å². The first-order valence-electron chi connectivity index (χ1n) is 7.40. The molecule has 4 nitrogen and oxygen atoms in total. The van der Waals surface area contributed by atoms with Crippen molar-refractivity contribution in [1.82, 2.24) is 0 Å². The molecule has 21 heavy (non-hydrogen) atoms. The fraction of sp³-hybridized carbons (Fsp3) is 0.529. The summed E-state index contributed by atoms with van der Waals surface area (Å²) < 4.78 is 10.2. The highest BCUT2D eigenvalue weighted by Crippen LogP contribution is 2.15. The third-order valence-corrected chi connectivity index (χ3v) is 3.05. The molecule has 0 amide bonds. The van der Waals surface area contributed by atoms with Gasteiger partial charge in [-0.15, -0.1) is 0 Å². The zero-order valence-corrected chi connectivity index (χ0v) is 13.3. The number of hydrogen-bond donors (Lipinski definition) is 0. The van der Waals surface area contributed by atoms with E-state index in [0.29, 0.717) is 12.5 Å². The van der Waals surface area contributed by atoms with Gasteiger partial charge in [0.2, 0.25) is 0 Å². The van der Waals surface area contributed by atoms with Crippen LogP contribution in [-0.2, 0) is 9.47 Å². The molecule has 0 saturated heterocycles. The molecule has 0 aliphatic carbocycles. The number of hydrogen-bond acceptors (Lipinski definition) is 4. The van der Waals surface area contributed by atoms with E-state index in [9.17, 15) is 9.59 Å². The summed E-state index contributed by atoms with van der Waals surface area (Å²) in [5.41, 5.74) is 1.44. The Bertz CT molecular complexity index is 492. The van der Waals surface area contributed by atoms with Gasteiger partial charge in [0.1, 0.15) is 0 Å². The first-order valence-corrected chi connectivity index (χ1v) is 7.40. The van der Waals surface area contributed by atoms with Crippen LogP contribution in [0.1, 0.15) is 59.9 Å². The van der Waals surface area contributed by atoms with Gasteiger partial charge in [0.05, 0.1) is 24.3 Å². The summed E-state index contributed by atoms with van der Waals surface area (Å²) in [6.45, 7) is 8.49. The summed E-state index contributed by atoms with van der Waals surface area (Å²) in [6, 6.07) is 5.05. The van der Waals surface area contributed by atoms with E-state index < -0.39 is 11.9 Å². The minimum atomic E-state index is -0.494. The zero-order valence-electron chi connectivity index (χ0n) is 13.3. The monoisotopic (exact) mass is 292 g/mol. The predicted molar refractivity (Wildman–Crippen MR) is 81.5 cm³/mol. The van der Waals surface area contributed by atoms with Gasteiger partial charge in [-0.1, -0.05) is 25.5 Å². The Labute approximate surface area is 126 Å². The van der Waals surface area contributed by atoms with Crippen molar-refractivity contribution in [3.63, 3.8) is 0 Å². The van der Waals surface area contributed by atoms with Crippen molar-refractivity contribution in [3.05, 3.63) is 34.9 Å². The highest BCUT2D eigenvalue weighted by Gasteiger charge is 2.19. The second-order valence-electron chi connectivity index (χ2n) is 5.44. The maximum absolute atomic E-state index is 12.1. The van der Waals surface area contributed by atoms with E-state index in [1.165, 1.54) is 0 Å². The molecule has 0 aliphatic heterocycles. The van der Waals surface area contributed by atoms with Gasteiger partial charge in [-0.2, -0.15) is 0 Å². The summed E-state index contributed by atoms with van der Waals surface area (Å²) in [6.07, 6.45) is 1.83. The smallest absolute Gasteiger partial charge is 0.339 e. The molecule has 0 spiro atoms. The lowest BCUT2D eigenvalue weighted by Crippen LogP contribution is -2.15. The summed E-state index contributed by atoms with van der Waals surface area (Å²) >= 11 is 0. The largest absolute Gasteiger partial charge is 0.462 e. The van der Waals surface area contributed by atoms with Crippen LogP contribution in [0.5, 0.6) is 0 Å². The fourth-order valence-corrected chi connectivity index (χ4v) is 1.95. The SMILES string of the molecule is CCOC(=O)c1ccc(C)cc1C(=O)OCCCC(C)C. The quantitative estimate of drug-likeness (QED) is 0.567. The van der Waals surface area contributed by atoms with Crippen LogP contribution in [0, 0.1) is 12.8 Å². The third-order valence-electron chi connectivity index (χ3n) is 3.05. The summed E-state index contributed by atoms with van der Waals surface area (Å²) in [5.74, 6) is -0.380. The van der Waals surface area contributed by atoms with Gasteiger partial charge < -0.3 is 9.47 Å². The Morgan fingerprint density at radius 2 is 1.76 bits per heavy atom. The van der Waals surface area contributed by atoms with E-state index in [4.69, 9.17) is 9.47 Å². The lowest BCUT2D eigenvalue weighted by atomic mass is 10.0. The molecule has 0 aliphatic rings. The average Bonchev–Trinajstić information content (AvgIpc) is 2.43. The highest BCUT2D eigenvalue weighted by atomic mass is 16.5. The molecule has 0 heterocycles. The minimum absolute atomic E-state index is 0.260. The third kappa shape index (κ3) is 5.58. The van der Waals surface area contributed by atoms with Crippen molar-refractivity contribution in [2.75, 3.05) is 13.2 Å². The zero-order chi connectivity index (χ0) is 15.8. The molecule has 0 saturated carbocycles. The van der Waals surface area contributed by atoms with Crippen molar-refractivity contribution in [2.24, 2.45) is 5.92 Å². The Hall–Kier alpha value is -1.84. The molecular formula is C17H24O4. The molecule has 1 aromatic rings. The number of rotatable bonds is 7. The number of esters is 2. The van der Waals surface area contributed by atoms with Gasteiger partial charge in [0, 0.05) is 0 Å². The number of ether oxygens (including phenoxy) is 2. The topological polar surface area (TPSA) is 52.6 Å². The van der Waals surface area contributed by atoms with E-state index in [1.807, 2.05) is 6.92 Å². The average molecular weight is 292 g/mol. The van der Waals surface area contributed by atoms with E-state index >= 15 is 0 Å². The van der Waals surface area contributed by atoms with Crippen LogP contribution in [0.15, 0.2) is 18.2 Å². The van der Waals surface area contributed by atoms with Crippen LogP contribution in [0.4, 0.5) is 0 Å². The van der Waals surface area contributed by atoms with Crippen LogP contribution >= 0.6 is 0 Å². The number of benzene rings is 1. The fourth-order valence-electron chi connectivity index (χ4n) is 1.95. The van der Waals surface area contributed by atoms with Gasteiger partial charge in [0.25, 0.3) is 0 Å². The van der Waals surface area contributed by atoms with Crippen LogP contribution in [-0.4, -0.2) is 25.2 Å². The molecule has 116 valence electrons. The van der Waals surface area contributed by atoms with Crippen LogP contribution in [0.2, 0.25) is 0 Å². The maximum Gasteiger partial charge on any atom is 0.339 e. The standard InChI is InChI=1S/C17H24O4/c1-5-20-16(18)14-9-8-13(4)11-15(14)17(19)21-10-6-7-12(2)3/h8-9,11-12H,5-7,10H2,1-4H3. The van der Waals surface area contributed by atoms with Gasteiger partial charge in [-0.25, -0.2) is 9.59 Å². The Morgan fingerprint density at radius 1 is 1.10 bits per heavy atom. The summed E-state index contributed by atoms with van der Waals surface area (Å²) in [5, 5.41) is 0. The van der Waals surface area contributed by atoms with E-state index in [2.05, 4.69) is 13.8 Å². The van der Waals surface area contributed by atoms with Crippen LogP contribution in [0.25, 0.3) is 0 Å². The summed E-state index contributed by atoms with van der Waals surface area (Å²) in [7, 11) is 0. The number of carbonyl (C=O) groups excluding carboxylic acids is 2. The molecular weight excluding hydrogens is 268 g/mol. The molecule has 0 N–H and O–H groups in total. The van der Waals surface area contributed by atoms with Crippen molar-refractivity contribution in [2.45, 2.75) is 40.5 Å². The van der Waals surface area contributed by atoms with E-state index in [1.54, 1.807) is 25.1 Å². The molecule has 0 atom stereocenters. The molecule has 0 aromatic heterocycles. The van der Waals surface area contributed by atoms with Crippen molar-refractivity contribution in [1.29, 1.82) is 0 Å². The molecule has 0 fully saturated rings. The van der Waals surface area contributed by atoms with Crippen molar-refractivity contribution >= 4 is 11.9 Å². The minimum Gasteiger partial charge on any atom is -0.462 e. The molecule has 0 unspecified atom stereocenters. The Kier molecular flexibility index (Phi) is 6.92. The van der Waals surface area contributed by atoms with Crippen LogP contribution in [0.3, 0.4) is 0 Å². The molecule has 0 radical (unpaired) electrons. The lowest BCUT2D eigenvalue weighted by molar-refractivity contribution is 0.0460. The molecule has 1 rings (SSSR count).